The Morgan fingerprint density at radius 1 is 1.03 bits per heavy atom. The Kier molecular flexibility index (Phi) is 7.84. The van der Waals surface area contributed by atoms with E-state index in [2.05, 4.69) is 20.7 Å². The molecule has 35 heavy (non-hydrogen) atoms. The quantitative estimate of drug-likeness (QED) is 0.203. The van der Waals surface area contributed by atoms with Crippen LogP contribution in [0.2, 0.25) is 5.02 Å². The number of nitrogens with one attached hydrogen (secondary N) is 1. The van der Waals surface area contributed by atoms with Gasteiger partial charge in [0, 0.05) is 36.1 Å². The zero-order chi connectivity index (χ0) is 24.8. The van der Waals surface area contributed by atoms with E-state index in [1.54, 1.807) is 6.21 Å². The number of carbonyl (C=O) groups is 1. The van der Waals surface area contributed by atoms with Crippen molar-refractivity contribution in [3.05, 3.63) is 88.9 Å². The molecule has 1 heterocycles. The number of carbonyl (C=O) groups excluding carboxylic acids is 1. The Bertz CT molecular complexity index is 1320. The molecule has 0 bridgehead atoms. The zero-order valence-corrected chi connectivity index (χ0v) is 21.2. The van der Waals surface area contributed by atoms with Gasteiger partial charge < -0.3 is 4.90 Å². The number of nitrogens with zero attached hydrogens (tertiary/aromatic N) is 5. The Hall–Kier alpha value is -3.62. The topological polar surface area (TPSA) is 75.4 Å². The largest absolute Gasteiger partial charge is 0.378 e. The number of aryl methyl sites for hydroxylation is 1. The highest BCUT2D eigenvalue weighted by Gasteiger charge is 2.17. The van der Waals surface area contributed by atoms with E-state index in [0.29, 0.717) is 16.0 Å². The molecule has 1 N–H and O–H groups in total. The molecule has 7 nitrogen and oxygen atoms in total. The van der Waals surface area contributed by atoms with Gasteiger partial charge in [0.25, 0.3) is 5.91 Å². The van der Waals surface area contributed by atoms with E-state index < -0.39 is 0 Å². The molecule has 0 saturated carbocycles. The number of benzene rings is 3. The second kappa shape index (κ2) is 11.2. The molecule has 0 fully saturated rings. The first kappa shape index (κ1) is 24.5. The minimum absolute atomic E-state index is 0.140. The Morgan fingerprint density at radius 3 is 2.37 bits per heavy atom. The Labute approximate surface area is 213 Å². The number of halogens is 1. The molecule has 3 aromatic carbocycles. The number of aromatic nitrogens is 3. The third-order valence-electron chi connectivity index (χ3n) is 5.17. The predicted molar refractivity (Wildman–Crippen MR) is 144 cm³/mol. The third kappa shape index (κ3) is 6.29. The normalized spacial score (nSPS) is 11.1. The molecule has 0 spiro atoms. The standard InChI is InChI=1S/C26H25ClN6OS/c1-18-4-12-23(13-5-18)33-25(20-8-10-21(27)11-9-20)30-31-26(33)35-17-24(34)29-28-16-19-6-14-22(15-7-19)32(2)3/h4-16H,17H2,1-3H3,(H,29,34)/b28-16+. The molecule has 0 aliphatic carbocycles. The summed E-state index contributed by atoms with van der Waals surface area (Å²) in [5.41, 5.74) is 7.51. The predicted octanol–water partition coefficient (Wildman–Crippen LogP) is 5.20. The Balaban J connectivity index is 1.47. The van der Waals surface area contributed by atoms with Gasteiger partial charge in [-0.3, -0.25) is 9.36 Å². The third-order valence-corrected chi connectivity index (χ3v) is 6.35. The maximum atomic E-state index is 12.4. The fraction of sp³-hybridized carbons (Fsp3) is 0.154. The summed E-state index contributed by atoms with van der Waals surface area (Å²) in [6.45, 7) is 2.03. The summed E-state index contributed by atoms with van der Waals surface area (Å²) < 4.78 is 1.94. The fourth-order valence-corrected chi connectivity index (χ4v) is 4.15. The number of hydrogen-bond donors (Lipinski definition) is 1. The number of amides is 1. The van der Waals surface area contributed by atoms with Crippen molar-refractivity contribution in [1.82, 2.24) is 20.2 Å². The number of thioether (sulfide) groups is 1. The van der Waals surface area contributed by atoms with Crippen LogP contribution in [-0.2, 0) is 4.79 Å². The maximum Gasteiger partial charge on any atom is 0.250 e. The molecule has 178 valence electrons. The first-order valence-electron chi connectivity index (χ1n) is 10.9. The van der Waals surface area contributed by atoms with Crippen LogP contribution in [-0.4, -0.2) is 46.7 Å². The van der Waals surface area contributed by atoms with Crippen LogP contribution in [0.5, 0.6) is 0 Å². The monoisotopic (exact) mass is 504 g/mol. The van der Waals surface area contributed by atoms with Crippen molar-refractivity contribution in [2.45, 2.75) is 12.1 Å². The molecule has 0 unspecified atom stereocenters. The van der Waals surface area contributed by atoms with E-state index in [1.165, 1.54) is 11.8 Å². The van der Waals surface area contributed by atoms with Crippen LogP contribution in [0.1, 0.15) is 11.1 Å². The summed E-state index contributed by atoms with van der Waals surface area (Å²) in [4.78, 5) is 14.5. The average molecular weight is 505 g/mol. The van der Waals surface area contributed by atoms with Gasteiger partial charge in [-0.25, -0.2) is 5.43 Å². The molecule has 0 atom stereocenters. The number of hydrogen-bond acceptors (Lipinski definition) is 6. The Morgan fingerprint density at radius 2 is 1.71 bits per heavy atom. The van der Waals surface area contributed by atoms with Crippen molar-refractivity contribution in [2.75, 3.05) is 24.7 Å². The van der Waals surface area contributed by atoms with Crippen molar-refractivity contribution in [3.63, 3.8) is 0 Å². The SMILES string of the molecule is Cc1ccc(-n2c(SCC(=O)N/N=C/c3ccc(N(C)C)cc3)nnc2-c2ccc(Cl)cc2)cc1. The second-order valence-corrected chi connectivity index (χ2v) is 9.43. The molecular weight excluding hydrogens is 480 g/mol. The minimum Gasteiger partial charge on any atom is -0.378 e. The van der Waals surface area contributed by atoms with Crippen LogP contribution in [0.15, 0.2) is 83.1 Å². The second-order valence-electron chi connectivity index (χ2n) is 8.05. The number of hydrazone groups is 1. The van der Waals surface area contributed by atoms with Crippen LogP contribution in [0, 0.1) is 6.92 Å². The summed E-state index contributed by atoms with van der Waals surface area (Å²) in [6.07, 6.45) is 1.62. The molecule has 0 aliphatic heterocycles. The van der Waals surface area contributed by atoms with Crippen LogP contribution < -0.4 is 10.3 Å². The van der Waals surface area contributed by atoms with Gasteiger partial charge in [-0.1, -0.05) is 53.2 Å². The highest BCUT2D eigenvalue weighted by Crippen LogP contribution is 2.28. The molecule has 1 aromatic heterocycles. The van der Waals surface area contributed by atoms with Gasteiger partial charge in [0.15, 0.2) is 11.0 Å². The van der Waals surface area contributed by atoms with Crippen molar-refractivity contribution >= 4 is 41.2 Å². The summed E-state index contributed by atoms with van der Waals surface area (Å²) in [7, 11) is 3.97. The van der Waals surface area contributed by atoms with Gasteiger partial charge >= 0.3 is 0 Å². The summed E-state index contributed by atoms with van der Waals surface area (Å²) in [6, 6.07) is 23.4. The molecule has 0 saturated heterocycles. The summed E-state index contributed by atoms with van der Waals surface area (Å²) in [5, 5.41) is 14.1. The van der Waals surface area contributed by atoms with Gasteiger partial charge in [-0.15, -0.1) is 10.2 Å². The first-order chi connectivity index (χ1) is 16.9. The molecule has 9 heteroatoms. The van der Waals surface area contributed by atoms with E-state index in [-0.39, 0.29) is 11.7 Å². The van der Waals surface area contributed by atoms with Gasteiger partial charge in [0.05, 0.1) is 12.0 Å². The highest BCUT2D eigenvalue weighted by molar-refractivity contribution is 7.99. The molecule has 4 rings (SSSR count). The summed E-state index contributed by atoms with van der Waals surface area (Å²) in [5.74, 6) is 0.580. The van der Waals surface area contributed by atoms with E-state index in [9.17, 15) is 4.79 Å². The highest BCUT2D eigenvalue weighted by atomic mass is 35.5. The zero-order valence-electron chi connectivity index (χ0n) is 19.6. The van der Waals surface area contributed by atoms with Crippen molar-refractivity contribution in [3.8, 4) is 17.1 Å². The maximum absolute atomic E-state index is 12.4. The van der Waals surface area contributed by atoms with E-state index in [0.717, 1.165) is 28.1 Å². The number of anilines is 1. The van der Waals surface area contributed by atoms with Gasteiger partial charge in [0.1, 0.15) is 0 Å². The van der Waals surface area contributed by atoms with Crippen molar-refractivity contribution in [1.29, 1.82) is 0 Å². The molecule has 4 aromatic rings. The minimum atomic E-state index is -0.234. The fourth-order valence-electron chi connectivity index (χ4n) is 3.28. The van der Waals surface area contributed by atoms with E-state index in [4.69, 9.17) is 11.6 Å². The van der Waals surface area contributed by atoms with Crippen LogP contribution >= 0.6 is 23.4 Å². The lowest BCUT2D eigenvalue weighted by atomic mass is 10.2. The van der Waals surface area contributed by atoms with Gasteiger partial charge in [0.2, 0.25) is 0 Å². The van der Waals surface area contributed by atoms with E-state index >= 15 is 0 Å². The van der Waals surface area contributed by atoms with Gasteiger partial charge in [-0.05, 0) is 61.0 Å². The molecule has 1 amide bonds. The van der Waals surface area contributed by atoms with Gasteiger partial charge in [-0.2, -0.15) is 5.10 Å². The van der Waals surface area contributed by atoms with Crippen molar-refractivity contribution in [2.24, 2.45) is 5.10 Å². The average Bonchev–Trinajstić information content (AvgIpc) is 3.28. The van der Waals surface area contributed by atoms with Crippen LogP contribution in [0.4, 0.5) is 5.69 Å². The smallest absolute Gasteiger partial charge is 0.250 e. The van der Waals surface area contributed by atoms with E-state index in [1.807, 2.05) is 103 Å². The lowest BCUT2D eigenvalue weighted by Crippen LogP contribution is -2.20. The molecule has 0 aliphatic rings. The lowest BCUT2D eigenvalue weighted by molar-refractivity contribution is -0.118. The van der Waals surface area contributed by atoms with Crippen molar-refractivity contribution < 1.29 is 4.79 Å². The summed E-state index contributed by atoms with van der Waals surface area (Å²) >= 11 is 7.35. The van der Waals surface area contributed by atoms with Crippen LogP contribution in [0.25, 0.3) is 17.1 Å². The number of rotatable bonds is 8. The molecular formula is C26H25ClN6OS. The van der Waals surface area contributed by atoms with Crippen LogP contribution in [0.3, 0.4) is 0 Å². The lowest BCUT2D eigenvalue weighted by Gasteiger charge is -2.11. The molecule has 0 radical (unpaired) electrons. The first-order valence-corrected chi connectivity index (χ1v) is 12.3.